The van der Waals surface area contributed by atoms with E-state index in [4.69, 9.17) is 0 Å². The highest BCUT2D eigenvalue weighted by Gasteiger charge is 2.21. The summed E-state index contributed by atoms with van der Waals surface area (Å²) in [6, 6.07) is 0.517. The van der Waals surface area contributed by atoms with Gasteiger partial charge >= 0.3 is 0 Å². The fourth-order valence-corrected chi connectivity index (χ4v) is 2.26. The molecule has 2 heterocycles. The molecule has 0 spiro atoms. The van der Waals surface area contributed by atoms with Crippen molar-refractivity contribution in [2.75, 3.05) is 57.5 Å². The Morgan fingerprint density at radius 3 is 2.68 bits per heavy atom. The number of piperazine rings is 1. The van der Waals surface area contributed by atoms with Crippen molar-refractivity contribution in [3.8, 4) is 0 Å². The summed E-state index contributed by atoms with van der Waals surface area (Å²) in [5.74, 6) is 1.65. The van der Waals surface area contributed by atoms with Gasteiger partial charge in [0.05, 0.1) is 12.4 Å². The number of rotatable bonds is 5. The lowest BCUT2D eigenvalue weighted by molar-refractivity contribution is 0.122. The number of nitrogens with zero attached hydrogens (tertiary/aromatic N) is 4. The molecular formula is C13H24N6. The van der Waals surface area contributed by atoms with Gasteiger partial charge in [-0.05, 0) is 21.0 Å². The molecule has 19 heavy (non-hydrogen) atoms. The molecule has 0 aromatic carbocycles. The normalized spacial score (nSPS) is 21.3. The summed E-state index contributed by atoms with van der Waals surface area (Å²) in [6.45, 7) is 7.15. The lowest BCUT2D eigenvalue weighted by Crippen LogP contribution is -2.52. The molecule has 1 unspecified atom stereocenters. The summed E-state index contributed by atoms with van der Waals surface area (Å²) in [4.78, 5) is 13.4. The first kappa shape index (κ1) is 14.0. The molecule has 1 saturated heterocycles. The van der Waals surface area contributed by atoms with Crippen LogP contribution < -0.4 is 10.6 Å². The van der Waals surface area contributed by atoms with Gasteiger partial charge < -0.3 is 15.5 Å². The lowest BCUT2D eigenvalue weighted by Gasteiger charge is -2.37. The lowest BCUT2D eigenvalue weighted by atomic mass is 10.2. The molecule has 1 fully saturated rings. The molecular weight excluding hydrogens is 240 g/mol. The largest absolute Gasteiger partial charge is 0.369 e. The van der Waals surface area contributed by atoms with Crippen LogP contribution in [0.1, 0.15) is 6.92 Å². The van der Waals surface area contributed by atoms with Gasteiger partial charge in [-0.25, -0.2) is 4.98 Å². The van der Waals surface area contributed by atoms with Crippen LogP contribution in [-0.2, 0) is 0 Å². The van der Waals surface area contributed by atoms with Gasteiger partial charge in [0.25, 0.3) is 0 Å². The van der Waals surface area contributed by atoms with Crippen molar-refractivity contribution in [2.45, 2.75) is 13.0 Å². The summed E-state index contributed by atoms with van der Waals surface area (Å²) >= 11 is 0. The first-order valence-electron chi connectivity index (χ1n) is 6.87. The first-order valence-corrected chi connectivity index (χ1v) is 6.87. The van der Waals surface area contributed by atoms with E-state index < -0.39 is 0 Å². The molecule has 2 rings (SSSR count). The van der Waals surface area contributed by atoms with Gasteiger partial charge in [-0.3, -0.25) is 9.88 Å². The second-order valence-corrected chi connectivity index (χ2v) is 5.10. The van der Waals surface area contributed by atoms with E-state index >= 15 is 0 Å². The van der Waals surface area contributed by atoms with Crippen LogP contribution in [0.3, 0.4) is 0 Å². The molecule has 106 valence electrons. The zero-order valence-corrected chi connectivity index (χ0v) is 12.1. The maximum atomic E-state index is 4.47. The van der Waals surface area contributed by atoms with Gasteiger partial charge in [0.15, 0.2) is 0 Å². The van der Waals surface area contributed by atoms with Crippen LogP contribution in [0.15, 0.2) is 12.4 Å². The average Bonchev–Trinajstić information content (AvgIpc) is 2.41. The van der Waals surface area contributed by atoms with Crippen LogP contribution >= 0.6 is 0 Å². The minimum absolute atomic E-state index is 0.517. The minimum atomic E-state index is 0.517. The fraction of sp³-hybridized carbons (Fsp3) is 0.692. The SMILES string of the molecule is CCNc1cncc(NCC2CN(C)CCN2C)n1. The number of aromatic nitrogens is 2. The zero-order valence-electron chi connectivity index (χ0n) is 12.1. The summed E-state index contributed by atoms with van der Waals surface area (Å²) in [5, 5.41) is 6.55. The van der Waals surface area contributed by atoms with Gasteiger partial charge in [-0.15, -0.1) is 0 Å². The third-order valence-electron chi connectivity index (χ3n) is 3.49. The molecule has 0 radical (unpaired) electrons. The standard InChI is InChI=1S/C13H24N6/c1-4-15-12-8-14-9-13(17-12)16-7-11-10-18(2)5-6-19(11)3/h8-9,11H,4-7,10H2,1-3H3,(H2,15,16,17). The van der Waals surface area contributed by atoms with Gasteiger partial charge in [-0.1, -0.05) is 0 Å². The Morgan fingerprint density at radius 1 is 1.21 bits per heavy atom. The highest BCUT2D eigenvalue weighted by molar-refractivity contribution is 5.41. The maximum absolute atomic E-state index is 4.47. The molecule has 2 N–H and O–H groups in total. The average molecular weight is 264 g/mol. The van der Waals surface area contributed by atoms with Crippen LogP contribution in [0.4, 0.5) is 11.6 Å². The van der Waals surface area contributed by atoms with Crippen molar-refractivity contribution in [1.82, 2.24) is 19.8 Å². The van der Waals surface area contributed by atoms with Crippen LogP contribution in [-0.4, -0.2) is 72.6 Å². The smallest absolute Gasteiger partial charge is 0.147 e. The van der Waals surface area contributed by atoms with Crippen LogP contribution in [0, 0.1) is 0 Å². The van der Waals surface area contributed by atoms with Gasteiger partial charge in [0.1, 0.15) is 11.6 Å². The van der Waals surface area contributed by atoms with Gasteiger partial charge in [0, 0.05) is 38.8 Å². The molecule has 1 aromatic heterocycles. The van der Waals surface area contributed by atoms with E-state index in [9.17, 15) is 0 Å². The second-order valence-electron chi connectivity index (χ2n) is 5.10. The Labute approximate surface area is 115 Å². The third kappa shape index (κ3) is 4.04. The van der Waals surface area contributed by atoms with Gasteiger partial charge in [-0.2, -0.15) is 0 Å². The van der Waals surface area contributed by atoms with E-state index in [2.05, 4.69) is 51.4 Å². The number of hydrogen-bond donors (Lipinski definition) is 2. The Kier molecular flexibility index (Phi) is 4.93. The van der Waals surface area contributed by atoms with Crippen LogP contribution in [0.5, 0.6) is 0 Å². The zero-order chi connectivity index (χ0) is 13.7. The molecule has 1 atom stereocenters. The number of likely N-dealkylation sites (N-methyl/N-ethyl adjacent to an activating group) is 2. The van der Waals surface area contributed by atoms with Crippen molar-refractivity contribution in [3.63, 3.8) is 0 Å². The van der Waals surface area contributed by atoms with E-state index in [1.54, 1.807) is 12.4 Å². The fourth-order valence-electron chi connectivity index (χ4n) is 2.26. The van der Waals surface area contributed by atoms with E-state index in [1.165, 1.54) is 0 Å². The predicted octanol–water partition coefficient (Wildman–Crippen LogP) is 0.566. The molecule has 6 heteroatoms. The molecule has 0 bridgehead atoms. The first-order chi connectivity index (χ1) is 9.19. The Morgan fingerprint density at radius 2 is 1.95 bits per heavy atom. The summed E-state index contributed by atoms with van der Waals surface area (Å²) in [5.41, 5.74) is 0. The third-order valence-corrected chi connectivity index (χ3v) is 3.49. The van der Waals surface area contributed by atoms with E-state index in [1.807, 2.05) is 0 Å². The number of nitrogens with one attached hydrogen (secondary N) is 2. The maximum Gasteiger partial charge on any atom is 0.147 e. The Balaban J connectivity index is 1.88. The van der Waals surface area contributed by atoms with Crippen molar-refractivity contribution in [1.29, 1.82) is 0 Å². The second kappa shape index (κ2) is 6.68. The topological polar surface area (TPSA) is 56.3 Å². The minimum Gasteiger partial charge on any atom is -0.369 e. The van der Waals surface area contributed by atoms with E-state index in [0.717, 1.165) is 44.4 Å². The molecule has 1 aromatic rings. The van der Waals surface area contributed by atoms with Crippen molar-refractivity contribution in [2.24, 2.45) is 0 Å². The summed E-state index contributed by atoms with van der Waals surface area (Å²) < 4.78 is 0. The number of hydrogen-bond acceptors (Lipinski definition) is 6. The Hall–Kier alpha value is -1.40. The van der Waals surface area contributed by atoms with Gasteiger partial charge in [0.2, 0.25) is 0 Å². The monoisotopic (exact) mass is 264 g/mol. The van der Waals surface area contributed by atoms with Crippen LogP contribution in [0.2, 0.25) is 0 Å². The quantitative estimate of drug-likeness (QED) is 0.811. The van der Waals surface area contributed by atoms with Crippen molar-refractivity contribution in [3.05, 3.63) is 12.4 Å². The summed E-state index contributed by atoms with van der Waals surface area (Å²) in [6.07, 6.45) is 3.52. The van der Waals surface area contributed by atoms with E-state index in [0.29, 0.717) is 6.04 Å². The molecule has 0 aliphatic carbocycles. The van der Waals surface area contributed by atoms with Crippen molar-refractivity contribution >= 4 is 11.6 Å². The molecule has 1 aliphatic heterocycles. The Bertz CT molecular complexity index is 396. The highest BCUT2D eigenvalue weighted by Crippen LogP contribution is 2.09. The predicted molar refractivity (Wildman–Crippen MR) is 78.6 cm³/mol. The molecule has 1 aliphatic rings. The van der Waals surface area contributed by atoms with Crippen molar-refractivity contribution < 1.29 is 0 Å². The molecule has 0 saturated carbocycles. The van der Waals surface area contributed by atoms with Crippen LogP contribution in [0.25, 0.3) is 0 Å². The molecule has 0 amide bonds. The van der Waals surface area contributed by atoms with E-state index in [-0.39, 0.29) is 0 Å². The highest BCUT2D eigenvalue weighted by atomic mass is 15.3. The number of anilines is 2. The molecule has 6 nitrogen and oxygen atoms in total. The summed E-state index contributed by atoms with van der Waals surface area (Å²) in [7, 11) is 4.35.